The van der Waals surface area contributed by atoms with Gasteiger partial charge >= 0.3 is 0 Å². The van der Waals surface area contributed by atoms with Crippen molar-refractivity contribution in [3.05, 3.63) is 30.1 Å². The molecular weight excluding hydrogens is 195 g/mol. The minimum absolute atomic E-state index is 0.198. The van der Waals surface area contributed by atoms with Gasteiger partial charge in [0.15, 0.2) is 0 Å². The molecule has 1 heterocycles. The van der Waals surface area contributed by atoms with Crippen molar-refractivity contribution in [2.45, 2.75) is 6.04 Å². The third-order valence-electron chi connectivity index (χ3n) is 2.66. The maximum absolute atomic E-state index is 12.8. The van der Waals surface area contributed by atoms with Crippen LogP contribution in [0.4, 0.5) is 10.1 Å². The lowest BCUT2D eigenvalue weighted by atomic mass is 10.2. The third-order valence-corrected chi connectivity index (χ3v) is 2.66. The molecule has 4 heteroatoms. The molecule has 1 aliphatic heterocycles. The van der Waals surface area contributed by atoms with Crippen molar-refractivity contribution in [1.82, 2.24) is 0 Å². The molecule has 0 amide bonds. The number of anilines is 1. The van der Waals surface area contributed by atoms with Gasteiger partial charge in [0, 0.05) is 18.8 Å². The molecule has 0 radical (unpaired) electrons. The Morgan fingerprint density at radius 1 is 1.40 bits per heavy atom. The van der Waals surface area contributed by atoms with Crippen LogP contribution >= 0.6 is 0 Å². The predicted molar refractivity (Wildman–Crippen MR) is 57.4 cm³/mol. The van der Waals surface area contributed by atoms with Gasteiger partial charge in [-0.15, -0.1) is 0 Å². The zero-order valence-electron chi connectivity index (χ0n) is 8.53. The molecule has 0 aromatic heterocycles. The van der Waals surface area contributed by atoms with Crippen LogP contribution in [0.25, 0.3) is 0 Å². The first-order valence-corrected chi connectivity index (χ1v) is 5.11. The Balaban J connectivity index is 2.16. The molecule has 0 saturated carbocycles. The highest BCUT2D eigenvalue weighted by Crippen LogP contribution is 2.19. The standard InChI is InChI=1S/C11H15FN2O/c12-9-1-3-10(4-2-9)14-5-6-15-8-11(14)7-13/h1-4,11H,5-8,13H2. The third kappa shape index (κ3) is 2.27. The molecule has 1 fully saturated rings. The highest BCUT2D eigenvalue weighted by atomic mass is 19.1. The van der Waals surface area contributed by atoms with Crippen molar-refractivity contribution in [2.75, 3.05) is 31.2 Å². The summed E-state index contributed by atoms with van der Waals surface area (Å²) in [5.74, 6) is -0.212. The predicted octanol–water partition coefficient (Wildman–Crippen LogP) is 0.990. The van der Waals surface area contributed by atoms with E-state index in [1.165, 1.54) is 12.1 Å². The van der Waals surface area contributed by atoms with E-state index < -0.39 is 0 Å². The van der Waals surface area contributed by atoms with Crippen molar-refractivity contribution in [3.8, 4) is 0 Å². The number of ether oxygens (including phenoxy) is 1. The lowest BCUT2D eigenvalue weighted by molar-refractivity contribution is 0.0963. The fourth-order valence-electron chi connectivity index (χ4n) is 1.82. The fraction of sp³-hybridized carbons (Fsp3) is 0.455. The lowest BCUT2D eigenvalue weighted by Gasteiger charge is -2.36. The Labute approximate surface area is 88.6 Å². The first kappa shape index (κ1) is 10.4. The molecule has 2 rings (SSSR count). The second-order valence-electron chi connectivity index (χ2n) is 3.63. The minimum atomic E-state index is -0.212. The van der Waals surface area contributed by atoms with Crippen molar-refractivity contribution < 1.29 is 9.13 Å². The Morgan fingerprint density at radius 3 is 2.80 bits per heavy atom. The van der Waals surface area contributed by atoms with Gasteiger partial charge in [-0.05, 0) is 24.3 Å². The molecule has 1 aromatic rings. The highest BCUT2D eigenvalue weighted by molar-refractivity contribution is 5.47. The summed E-state index contributed by atoms with van der Waals surface area (Å²) < 4.78 is 18.1. The summed E-state index contributed by atoms with van der Waals surface area (Å²) in [5, 5.41) is 0. The maximum Gasteiger partial charge on any atom is 0.123 e. The van der Waals surface area contributed by atoms with Gasteiger partial charge in [0.2, 0.25) is 0 Å². The molecule has 2 N–H and O–H groups in total. The summed E-state index contributed by atoms with van der Waals surface area (Å²) in [5.41, 5.74) is 6.67. The molecule has 82 valence electrons. The summed E-state index contributed by atoms with van der Waals surface area (Å²) in [7, 11) is 0. The average molecular weight is 210 g/mol. The SMILES string of the molecule is NCC1COCCN1c1ccc(F)cc1. The Morgan fingerprint density at radius 2 is 2.13 bits per heavy atom. The van der Waals surface area contributed by atoms with Crippen LogP contribution in [-0.4, -0.2) is 32.3 Å². The molecule has 3 nitrogen and oxygen atoms in total. The maximum atomic E-state index is 12.8. The number of rotatable bonds is 2. The topological polar surface area (TPSA) is 38.5 Å². The van der Waals surface area contributed by atoms with Crippen LogP contribution in [0.2, 0.25) is 0 Å². The number of benzene rings is 1. The largest absolute Gasteiger partial charge is 0.377 e. The van der Waals surface area contributed by atoms with Gasteiger partial charge < -0.3 is 15.4 Å². The van der Waals surface area contributed by atoms with Gasteiger partial charge in [0.1, 0.15) is 5.82 Å². The van der Waals surface area contributed by atoms with Crippen molar-refractivity contribution >= 4 is 5.69 Å². The molecule has 1 atom stereocenters. The van der Waals surface area contributed by atoms with Crippen LogP contribution < -0.4 is 10.6 Å². The quantitative estimate of drug-likeness (QED) is 0.791. The minimum Gasteiger partial charge on any atom is -0.377 e. The number of hydrogen-bond acceptors (Lipinski definition) is 3. The monoisotopic (exact) mass is 210 g/mol. The summed E-state index contributed by atoms with van der Waals surface area (Å²) in [6, 6.07) is 6.70. The van der Waals surface area contributed by atoms with Gasteiger partial charge in [0.05, 0.1) is 19.3 Å². The average Bonchev–Trinajstić information content (AvgIpc) is 2.30. The second kappa shape index (κ2) is 4.59. The van der Waals surface area contributed by atoms with Crippen LogP contribution in [0.3, 0.4) is 0 Å². The van der Waals surface area contributed by atoms with E-state index in [0.717, 1.165) is 12.2 Å². The van der Waals surface area contributed by atoms with E-state index in [-0.39, 0.29) is 11.9 Å². The van der Waals surface area contributed by atoms with Crippen LogP contribution in [0, 0.1) is 5.82 Å². The van der Waals surface area contributed by atoms with Gasteiger partial charge in [-0.3, -0.25) is 0 Å². The first-order valence-electron chi connectivity index (χ1n) is 5.11. The Hall–Kier alpha value is -1.13. The molecule has 0 aliphatic carbocycles. The lowest BCUT2D eigenvalue weighted by Crippen LogP contribution is -2.49. The molecule has 0 bridgehead atoms. The van der Waals surface area contributed by atoms with E-state index in [0.29, 0.717) is 19.8 Å². The summed E-state index contributed by atoms with van der Waals surface area (Å²) >= 11 is 0. The molecule has 1 aliphatic rings. The molecule has 0 spiro atoms. The first-order chi connectivity index (χ1) is 7.31. The van der Waals surface area contributed by atoms with Gasteiger partial charge in [0.25, 0.3) is 0 Å². The van der Waals surface area contributed by atoms with E-state index in [4.69, 9.17) is 10.5 Å². The van der Waals surface area contributed by atoms with Gasteiger partial charge in [-0.2, -0.15) is 0 Å². The summed E-state index contributed by atoms with van der Waals surface area (Å²) in [6.45, 7) is 2.71. The zero-order chi connectivity index (χ0) is 10.7. The zero-order valence-corrected chi connectivity index (χ0v) is 8.53. The molecule has 1 aromatic carbocycles. The number of hydrogen-bond donors (Lipinski definition) is 1. The Kier molecular flexibility index (Phi) is 3.18. The highest BCUT2D eigenvalue weighted by Gasteiger charge is 2.21. The fourth-order valence-corrected chi connectivity index (χ4v) is 1.82. The Bertz CT molecular complexity index is 315. The molecule has 1 saturated heterocycles. The van der Waals surface area contributed by atoms with E-state index in [1.807, 2.05) is 0 Å². The normalized spacial score (nSPS) is 21.7. The smallest absolute Gasteiger partial charge is 0.123 e. The number of morpholine rings is 1. The number of nitrogens with two attached hydrogens (primary N) is 1. The van der Waals surface area contributed by atoms with E-state index in [1.54, 1.807) is 12.1 Å². The van der Waals surface area contributed by atoms with Crippen molar-refractivity contribution in [3.63, 3.8) is 0 Å². The second-order valence-corrected chi connectivity index (χ2v) is 3.63. The van der Waals surface area contributed by atoms with Crippen LogP contribution in [-0.2, 0) is 4.74 Å². The number of nitrogens with zero attached hydrogens (tertiary/aromatic N) is 1. The van der Waals surface area contributed by atoms with Crippen molar-refractivity contribution in [2.24, 2.45) is 5.73 Å². The van der Waals surface area contributed by atoms with Crippen LogP contribution in [0.5, 0.6) is 0 Å². The molecular formula is C11H15FN2O. The van der Waals surface area contributed by atoms with E-state index >= 15 is 0 Å². The van der Waals surface area contributed by atoms with E-state index in [2.05, 4.69) is 4.90 Å². The van der Waals surface area contributed by atoms with Crippen LogP contribution in [0.1, 0.15) is 0 Å². The summed E-state index contributed by atoms with van der Waals surface area (Å²) in [6.07, 6.45) is 0. The molecule has 15 heavy (non-hydrogen) atoms. The van der Waals surface area contributed by atoms with Crippen LogP contribution in [0.15, 0.2) is 24.3 Å². The number of halogens is 1. The summed E-state index contributed by atoms with van der Waals surface area (Å²) in [4.78, 5) is 2.17. The van der Waals surface area contributed by atoms with Crippen molar-refractivity contribution in [1.29, 1.82) is 0 Å². The molecule has 1 unspecified atom stereocenters. The van der Waals surface area contributed by atoms with E-state index in [9.17, 15) is 4.39 Å². The van der Waals surface area contributed by atoms with Gasteiger partial charge in [-0.1, -0.05) is 0 Å². The van der Waals surface area contributed by atoms with Gasteiger partial charge in [-0.25, -0.2) is 4.39 Å².